The van der Waals surface area contributed by atoms with E-state index in [0.29, 0.717) is 13.1 Å². The van der Waals surface area contributed by atoms with Crippen LogP contribution < -0.4 is 0 Å². The van der Waals surface area contributed by atoms with Crippen molar-refractivity contribution in [2.45, 2.75) is 12.8 Å². The number of hydrogen-bond acceptors (Lipinski definition) is 4. The second-order valence-corrected chi connectivity index (χ2v) is 6.94. The molecule has 0 bridgehead atoms. The minimum atomic E-state index is 0.0578. The summed E-state index contributed by atoms with van der Waals surface area (Å²) in [4.78, 5) is 14.8. The number of amides is 1. The molecule has 0 aliphatic carbocycles. The van der Waals surface area contributed by atoms with Crippen molar-refractivity contribution >= 4 is 17.2 Å². The Labute approximate surface area is 159 Å². The highest BCUT2D eigenvalue weighted by Crippen LogP contribution is 2.24. The molecule has 0 saturated heterocycles. The Kier molecular flexibility index (Phi) is 5.03. The van der Waals surface area contributed by atoms with Gasteiger partial charge in [0, 0.05) is 19.5 Å². The zero-order valence-corrected chi connectivity index (χ0v) is 15.2. The van der Waals surface area contributed by atoms with Crippen LogP contribution in [0, 0.1) is 0 Å². The second-order valence-electron chi connectivity index (χ2n) is 6.94. The fourth-order valence-electron chi connectivity index (χ4n) is 3.54. The molecule has 0 unspecified atom stereocenters. The number of carbonyl (C=O) groups is 1. The van der Waals surface area contributed by atoms with E-state index in [9.17, 15) is 9.90 Å². The molecule has 4 rings (SSSR count). The first-order valence-electron chi connectivity index (χ1n) is 9.33. The highest BCUT2D eigenvalue weighted by Gasteiger charge is 2.24. The average molecular weight is 361 g/mol. The quantitative estimate of drug-likeness (QED) is 0.910. The summed E-state index contributed by atoms with van der Waals surface area (Å²) in [5, 5.41) is 15.6. The first kappa shape index (κ1) is 17.5. The van der Waals surface area contributed by atoms with Crippen molar-refractivity contribution in [1.82, 2.24) is 9.91 Å². The standard InChI is InChI=1S/C22H23N3O2/c26-20-8-6-17(7-9-20)18-10-13-24(14-11-18)16-22(27)25-15-12-21(23-25)19-4-2-1-3-5-19/h1-10,26H,11-16H2. The molecule has 0 fully saturated rings. The maximum atomic E-state index is 12.6. The monoisotopic (exact) mass is 361 g/mol. The van der Waals surface area contributed by atoms with Crippen molar-refractivity contribution in [2.75, 3.05) is 26.2 Å². The molecular weight excluding hydrogens is 338 g/mol. The molecule has 0 saturated carbocycles. The predicted octanol–water partition coefficient (Wildman–Crippen LogP) is 3.12. The highest BCUT2D eigenvalue weighted by molar-refractivity contribution is 6.02. The Hall–Kier alpha value is -2.92. The molecule has 5 nitrogen and oxygen atoms in total. The van der Waals surface area contributed by atoms with E-state index < -0.39 is 0 Å². The summed E-state index contributed by atoms with van der Waals surface area (Å²) in [6.07, 6.45) is 3.88. The third-order valence-electron chi connectivity index (χ3n) is 5.09. The summed E-state index contributed by atoms with van der Waals surface area (Å²) in [6.45, 7) is 2.66. The number of benzene rings is 2. The number of phenolic OH excluding ortho intramolecular Hbond substituents is 1. The van der Waals surface area contributed by atoms with Crippen LogP contribution >= 0.6 is 0 Å². The highest BCUT2D eigenvalue weighted by atomic mass is 16.3. The Morgan fingerprint density at radius 3 is 2.44 bits per heavy atom. The molecule has 5 heteroatoms. The Morgan fingerprint density at radius 2 is 1.74 bits per heavy atom. The van der Waals surface area contributed by atoms with Crippen molar-refractivity contribution < 1.29 is 9.90 Å². The summed E-state index contributed by atoms with van der Waals surface area (Å²) in [6, 6.07) is 17.3. The number of aromatic hydroxyl groups is 1. The van der Waals surface area contributed by atoms with Crippen LogP contribution in [0.1, 0.15) is 24.0 Å². The molecule has 1 N–H and O–H groups in total. The van der Waals surface area contributed by atoms with Crippen molar-refractivity contribution in [2.24, 2.45) is 5.10 Å². The summed E-state index contributed by atoms with van der Waals surface area (Å²) >= 11 is 0. The predicted molar refractivity (Wildman–Crippen MR) is 106 cm³/mol. The smallest absolute Gasteiger partial charge is 0.256 e. The van der Waals surface area contributed by atoms with Crippen LogP contribution in [0.25, 0.3) is 5.57 Å². The fourth-order valence-corrected chi connectivity index (χ4v) is 3.54. The molecular formula is C22H23N3O2. The van der Waals surface area contributed by atoms with Gasteiger partial charge >= 0.3 is 0 Å². The molecule has 0 aromatic heterocycles. The Morgan fingerprint density at radius 1 is 0.963 bits per heavy atom. The van der Waals surface area contributed by atoms with Crippen molar-refractivity contribution in [3.05, 3.63) is 71.8 Å². The van der Waals surface area contributed by atoms with E-state index in [4.69, 9.17) is 0 Å². The number of hydrazone groups is 1. The van der Waals surface area contributed by atoms with Crippen molar-refractivity contribution in [1.29, 1.82) is 0 Å². The van der Waals surface area contributed by atoms with Crippen LogP contribution in [-0.2, 0) is 4.79 Å². The molecule has 0 spiro atoms. The van der Waals surface area contributed by atoms with Gasteiger partial charge in [0.05, 0.1) is 18.8 Å². The van der Waals surface area contributed by atoms with Crippen LogP contribution in [0.15, 0.2) is 65.8 Å². The lowest BCUT2D eigenvalue weighted by atomic mass is 9.99. The number of nitrogens with zero attached hydrogens (tertiary/aromatic N) is 3. The molecule has 2 heterocycles. The maximum absolute atomic E-state index is 12.6. The first-order chi connectivity index (χ1) is 13.2. The molecule has 2 aromatic rings. The molecule has 2 aliphatic heterocycles. The second kappa shape index (κ2) is 7.76. The Balaban J connectivity index is 1.34. The molecule has 27 heavy (non-hydrogen) atoms. The first-order valence-corrected chi connectivity index (χ1v) is 9.33. The lowest BCUT2D eigenvalue weighted by molar-refractivity contribution is -0.131. The van der Waals surface area contributed by atoms with Gasteiger partial charge in [0.25, 0.3) is 5.91 Å². The number of phenols is 1. The lowest BCUT2D eigenvalue weighted by Crippen LogP contribution is -2.39. The van der Waals surface area contributed by atoms with Gasteiger partial charge in [0.1, 0.15) is 5.75 Å². The van der Waals surface area contributed by atoms with Gasteiger partial charge in [0.2, 0.25) is 0 Å². The number of carbonyl (C=O) groups excluding carboxylic acids is 1. The van der Waals surface area contributed by atoms with E-state index in [1.807, 2.05) is 42.5 Å². The van der Waals surface area contributed by atoms with Gasteiger partial charge in [-0.3, -0.25) is 9.69 Å². The van der Waals surface area contributed by atoms with Gasteiger partial charge < -0.3 is 5.11 Å². The lowest BCUT2D eigenvalue weighted by Gasteiger charge is -2.27. The summed E-state index contributed by atoms with van der Waals surface area (Å²) in [7, 11) is 0. The van der Waals surface area contributed by atoms with Crippen molar-refractivity contribution in [3.63, 3.8) is 0 Å². The molecule has 2 aromatic carbocycles. The summed E-state index contributed by atoms with van der Waals surface area (Å²) in [5.74, 6) is 0.339. The average Bonchev–Trinajstić information content (AvgIpc) is 3.20. The molecule has 1 amide bonds. The van der Waals surface area contributed by atoms with Gasteiger partial charge in [-0.15, -0.1) is 0 Å². The number of rotatable bonds is 4. The van der Waals surface area contributed by atoms with Gasteiger partial charge in [0.15, 0.2) is 0 Å². The van der Waals surface area contributed by atoms with E-state index in [1.54, 1.807) is 17.1 Å². The SMILES string of the molecule is O=C(CN1CC=C(c2ccc(O)cc2)CC1)N1CCC(c2ccccc2)=N1. The summed E-state index contributed by atoms with van der Waals surface area (Å²) in [5.41, 5.74) is 4.48. The van der Waals surface area contributed by atoms with Crippen LogP contribution in [0.5, 0.6) is 5.75 Å². The molecule has 2 aliphatic rings. The third kappa shape index (κ3) is 4.09. The maximum Gasteiger partial charge on any atom is 0.256 e. The van der Waals surface area contributed by atoms with E-state index in [1.165, 1.54) is 5.57 Å². The summed E-state index contributed by atoms with van der Waals surface area (Å²) < 4.78 is 0. The zero-order chi connectivity index (χ0) is 18.6. The molecule has 0 atom stereocenters. The van der Waals surface area contributed by atoms with Crippen molar-refractivity contribution in [3.8, 4) is 5.75 Å². The topological polar surface area (TPSA) is 56.1 Å². The fraction of sp³-hybridized carbons (Fsp3) is 0.273. The minimum absolute atomic E-state index is 0.0578. The van der Waals surface area contributed by atoms with E-state index >= 15 is 0 Å². The minimum Gasteiger partial charge on any atom is -0.508 e. The largest absolute Gasteiger partial charge is 0.508 e. The van der Waals surface area contributed by atoms with E-state index in [2.05, 4.69) is 16.1 Å². The van der Waals surface area contributed by atoms with Crippen LogP contribution in [-0.4, -0.2) is 52.8 Å². The van der Waals surface area contributed by atoms with E-state index in [0.717, 1.165) is 42.8 Å². The van der Waals surface area contributed by atoms with E-state index in [-0.39, 0.29) is 11.7 Å². The zero-order valence-electron chi connectivity index (χ0n) is 15.2. The van der Waals surface area contributed by atoms with Crippen LogP contribution in [0.3, 0.4) is 0 Å². The third-order valence-corrected chi connectivity index (χ3v) is 5.09. The van der Waals surface area contributed by atoms with Gasteiger partial charge in [-0.2, -0.15) is 5.10 Å². The Bertz CT molecular complexity index is 872. The normalized spacial score (nSPS) is 17.6. The molecule has 138 valence electrons. The van der Waals surface area contributed by atoms with Gasteiger partial charge in [-0.05, 0) is 35.3 Å². The molecule has 0 radical (unpaired) electrons. The van der Waals surface area contributed by atoms with Crippen LogP contribution in [0.4, 0.5) is 0 Å². The van der Waals surface area contributed by atoms with Gasteiger partial charge in [-0.1, -0.05) is 48.5 Å². The number of hydrogen-bond donors (Lipinski definition) is 1. The van der Waals surface area contributed by atoms with Crippen LogP contribution in [0.2, 0.25) is 0 Å². The van der Waals surface area contributed by atoms with Gasteiger partial charge in [-0.25, -0.2) is 5.01 Å².